The van der Waals surface area contributed by atoms with Crippen LogP contribution in [-0.4, -0.2) is 64.5 Å². The number of nitrogens with one attached hydrogen (secondary N) is 2. The zero-order valence-electron chi connectivity index (χ0n) is 21.6. The first-order chi connectivity index (χ1) is 16.5. The smallest absolute Gasteiger partial charge is 0.408 e. The third kappa shape index (κ3) is 8.72. The van der Waals surface area contributed by atoms with E-state index in [9.17, 15) is 19.5 Å². The normalized spacial score (nSPS) is 16.2. The van der Waals surface area contributed by atoms with Crippen LogP contribution < -0.4 is 10.6 Å². The number of hydrogen-bond donors (Lipinski definition) is 4. The van der Waals surface area contributed by atoms with E-state index in [1.165, 1.54) is 4.90 Å². The van der Waals surface area contributed by atoms with Gasteiger partial charge in [0.25, 0.3) is 0 Å². The van der Waals surface area contributed by atoms with Crippen LogP contribution in [0.3, 0.4) is 0 Å². The zero-order chi connectivity index (χ0) is 26.2. The van der Waals surface area contributed by atoms with Gasteiger partial charge in [-0.2, -0.15) is 12.6 Å². The molecule has 0 heterocycles. The Kier molecular flexibility index (Phi) is 10.9. The van der Waals surface area contributed by atoms with Crippen molar-refractivity contribution in [2.45, 2.75) is 90.4 Å². The average Bonchev–Trinajstić information content (AvgIpc) is 2.78. The number of hydrogen-bond acceptors (Lipinski definition) is 6. The minimum absolute atomic E-state index is 0.00374. The topological polar surface area (TPSA) is 108 Å². The SMILES string of the molecule is Cc1ccc(C)c(C(C(=O)NC2CCCCC2)N(CCO)C(=O)C(CS)NC(=O)OC(C)(C)C)c1. The van der Waals surface area contributed by atoms with Crippen LogP contribution >= 0.6 is 12.6 Å². The molecule has 1 saturated carbocycles. The highest BCUT2D eigenvalue weighted by Crippen LogP contribution is 2.28. The molecule has 1 fully saturated rings. The summed E-state index contributed by atoms with van der Waals surface area (Å²) < 4.78 is 5.30. The Balaban J connectivity index is 2.41. The van der Waals surface area contributed by atoms with Crippen molar-refractivity contribution in [3.63, 3.8) is 0 Å². The van der Waals surface area contributed by atoms with Crippen molar-refractivity contribution >= 4 is 30.5 Å². The second-order valence-corrected chi connectivity index (χ2v) is 10.6. The van der Waals surface area contributed by atoms with E-state index in [-0.39, 0.29) is 30.9 Å². The van der Waals surface area contributed by atoms with E-state index < -0.39 is 29.7 Å². The highest BCUT2D eigenvalue weighted by atomic mass is 32.1. The molecular weight excluding hydrogens is 466 g/mol. The van der Waals surface area contributed by atoms with Crippen LogP contribution in [0.5, 0.6) is 0 Å². The molecule has 0 spiro atoms. The van der Waals surface area contributed by atoms with Crippen LogP contribution in [0.25, 0.3) is 0 Å². The van der Waals surface area contributed by atoms with E-state index in [0.717, 1.165) is 43.2 Å². The van der Waals surface area contributed by atoms with Crippen molar-refractivity contribution < 1.29 is 24.2 Å². The number of carbonyl (C=O) groups is 3. The van der Waals surface area contributed by atoms with Crippen molar-refractivity contribution in [2.75, 3.05) is 18.9 Å². The fourth-order valence-electron chi connectivity index (χ4n) is 4.34. The molecule has 1 aliphatic rings. The third-order valence-corrected chi connectivity index (χ3v) is 6.40. The molecule has 0 aliphatic heterocycles. The quantitative estimate of drug-likeness (QED) is 0.383. The lowest BCUT2D eigenvalue weighted by Gasteiger charge is -2.35. The molecule has 2 rings (SSSR count). The molecule has 3 amide bonds. The maximum absolute atomic E-state index is 13.7. The number of nitrogens with zero attached hydrogens (tertiary/aromatic N) is 1. The van der Waals surface area contributed by atoms with Crippen molar-refractivity contribution in [3.8, 4) is 0 Å². The highest BCUT2D eigenvalue weighted by molar-refractivity contribution is 7.80. The molecule has 35 heavy (non-hydrogen) atoms. The minimum Gasteiger partial charge on any atom is -0.444 e. The molecule has 0 saturated heterocycles. The molecule has 1 aromatic rings. The summed E-state index contributed by atoms with van der Waals surface area (Å²) in [6.07, 6.45) is 4.32. The van der Waals surface area contributed by atoms with Crippen molar-refractivity contribution in [2.24, 2.45) is 0 Å². The Morgan fingerprint density at radius 2 is 1.83 bits per heavy atom. The summed E-state index contributed by atoms with van der Waals surface area (Å²) in [5.41, 5.74) is 1.77. The first-order valence-corrected chi connectivity index (χ1v) is 13.0. The molecule has 9 heteroatoms. The maximum atomic E-state index is 13.7. The summed E-state index contributed by atoms with van der Waals surface area (Å²) in [5, 5.41) is 15.6. The Hall–Kier alpha value is -2.26. The van der Waals surface area contributed by atoms with E-state index in [1.807, 2.05) is 32.0 Å². The second-order valence-electron chi connectivity index (χ2n) is 10.2. The summed E-state index contributed by atoms with van der Waals surface area (Å²) in [6, 6.07) is 3.83. The summed E-state index contributed by atoms with van der Waals surface area (Å²) >= 11 is 4.27. The number of aliphatic hydroxyl groups is 1. The lowest BCUT2D eigenvalue weighted by molar-refractivity contribution is -0.143. The van der Waals surface area contributed by atoms with Gasteiger partial charge in [-0.1, -0.05) is 43.0 Å². The second kappa shape index (κ2) is 13.2. The van der Waals surface area contributed by atoms with E-state index in [2.05, 4.69) is 23.3 Å². The molecule has 2 atom stereocenters. The Bertz CT molecular complexity index is 880. The molecule has 0 bridgehead atoms. The number of benzene rings is 1. The lowest BCUT2D eigenvalue weighted by atomic mass is 9.93. The van der Waals surface area contributed by atoms with Gasteiger partial charge in [0.1, 0.15) is 17.7 Å². The lowest BCUT2D eigenvalue weighted by Crippen LogP contribution is -2.55. The van der Waals surface area contributed by atoms with Crippen LogP contribution in [0.4, 0.5) is 4.79 Å². The first kappa shape index (κ1) is 29.0. The van der Waals surface area contributed by atoms with E-state index in [4.69, 9.17) is 4.74 Å². The van der Waals surface area contributed by atoms with Gasteiger partial charge in [-0.25, -0.2) is 4.79 Å². The van der Waals surface area contributed by atoms with Gasteiger partial charge >= 0.3 is 6.09 Å². The highest BCUT2D eigenvalue weighted by Gasteiger charge is 2.37. The first-order valence-electron chi connectivity index (χ1n) is 12.4. The number of aliphatic hydroxyl groups excluding tert-OH is 1. The summed E-state index contributed by atoms with van der Waals surface area (Å²) in [4.78, 5) is 41.1. The molecular formula is C26H41N3O5S. The third-order valence-electron chi connectivity index (χ3n) is 6.04. The zero-order valence-corrected chi connectivity index (χ0v) is 22.5. The fourth-order valence-corrected chi connectivity index (χ4v) is 4.59. The molecule has 8 nitrogen and oxygen atoms in total. The number of rotatable bonds is 9. The molecule has 3 N–H and O–H groups in total. The molecule has 196 valence electrons. The van der Waals surface area contributed by atoms with Crippen LogP contribution in [0.2, 0.25) is 0 Å². The van der Waals surface area contributed by atoms with Gasteiger partial charge < -0.3 is 25.4 Å². The van der Waals surface area contributed by atoms with Gasteiger partial charge in [0.15, 0.2) is 0 Å². The van der Waals surface area contributed by atoms with Gasteiger partial charge in [-0.3, -0.25) is 9.59 Å². The fraction of sp³-hybridized carbons (Fsp3) is 0.654. The molecule has 2 unspecified atom stereocenters. The Morgan fingerprint density at radius 1 is 1.17 bits per heavy atom. The number of thiol groups is 1. The maximum Gasteiger partial charge on any atom is 0.408 e. The Labute approximate surface area is 214 Å². The summed E-state index contributed by atoms with van der Waals surface area (Å²) in [7, 11) is 0. The monoisotopic (exact) mass is 507 g/mol. The van der Waals surface area contributed by atoms with Gasteiger partial charge in [0.05, 0.1) is 6.61 Å². The minimum atomic E-state index is -1.03. The number of amides is 3. The van der Waals surface area contributed by atoms with E-state index in [0.29, 0.717) is 5.56 Å². The molecule has 1 aromatic carbocycles. The van der Waals surface area contributed by atoms with E-state index in [1.54, 1.807) is 20.8 Å². The van der Waals surface area contributed by atoms with Crippen LogP contribution in [-0.2, 0) is 14.3 Å². The van der Waals surface area contributed by atoms with Crippen molar-refractivity contribution in [1.29, 1.82) is 0 Å². The van der Waals surface area contributed by atoms with Gasteiger partial charge in [-0.05, 0) is 58.6 Å². The van der Waals surface area contributed by atoms with E-state index >= 15 is 0 Å². The number of aryl methyl sites for hydroxylation is 2. The summed E-state index contributed by atoms with van der Waals surface area (Å²) in [5.74, 6) is -0.795. The number of carbonyl (C=O) groups excluding carboxylic acids is 3. The van der Waals surface area contributed by atoms with Crippen LogP contribution in [0.15, 0.2) is 18.2 Å². The largest absolute Gasteiger partial charge is 0.444 e. The average molecular weight is 508 g/mol. The number of ether oxygens (including phenoxy) is 1. The molecule has 0 radical (unpaired) electrons. The van der Waals surface area contributed by atoms with Gasteiger partial charge in [0, 0.05) is 18.3 Å². The predicted octanol–water partition coefficient (Wildman–Crippen LogP) is 3.44. The van der Waals surface area contributed by atoms with Crippen molar-refractivity contribution in [1.82, 2.24) is 15.5 Å². The Morgan fingerprint density at radius 3 is 2.40 bits per heavy atom. The number of alkyl carbamates (subject to hydrolysis) is 1. The molecule has 0 aromatic heterocycles. The molecule has 1 aliphatic carbocycles. The van der Waals surface area contributed by atoms with Gasteiger partial charge in [-0.15, -0.1) is 0 Å². The van der Waals surface area contributed by atoms with Gasteiger partial charge in [0.2, 0.25) is 11.8 Å². The summed E-state index contributed by atoms with van der Waals surface area (Å²) in [6.45, 7) is 8.60. The van der Waals surface area contributed by atoms with Crippen molar-refractivity contribution in [3.05, 3.63) is 34.9 Å². The standard InChI is InChI=1S/C26H41N3O5S/c1-17-11-12-18(2)20(15-17)22(23(31)27-19-9-7-6-8-10-19)29(13-14-30)24(32)21(16-35)28-25(33)34-26(3,4)5/h11-12,15,19,21-22,30,35H,6-10,13-14,16H2,1-5H3,(H,27,31)(H,28,33). The predicted molar refractivity (Wildman–Crippen MR) is 139 cm³/mol. The van der Waals surface area contributed by atoms with Crippen LogP contribution in [0.1, 0.15) is 75.6 Å². The van der Waals surface area contributed by atoms with Crippen LogP contribution in [0, 0.1) is 13.8 Å².